The van der Waals surface area contributed by atoms with Crippen LogP contribution in [0, 0.1) is 0 Å². The number of nitrogens with zero attached hydrogens (tertiary/aromatic N) is 1. The molecule has 1 N–H and O–H groups in total. The molecular weight excluding hydrogens is 361 g/mol. The molecule has 1 aliphatic heterocycles. The standard InChI is InChI=1S/C15H19F3N2O4S/c1-25(22,23)20(10-14(21)19-9-13-6-3-7-24-13)12-5-2-4-11(8-12)15(16,17)18/h2,4-5,8,13H,3,6-7,9-10H2,1H3,(H,19,21). The SMILES string of the molecule is CS(=O)(=O)N(CC(=O)NCC1CCCO1)c1cccc(C(F)(F)F)c1. The Bertz CT molecular complexity index is 716. The highest BCUT2D eigenvalue weighted by atomic mass is 32.2. The van der Waals surface area contributed by atoms with E-state index in [0.717, 1.165) is 31.2 Å². The molecule has 1 fully saturated rings. The molecule has 1 unspecified atom stereocenters. The van der Waals surface area contributed by atoms with Gasteiger partial charge in [-0.15, -0.1) is 0 Å². The number of anilines is 1. The van der Waals surface area contributed by atoms with E-state index in [2.05, 4.69) is 5.32 Å². The number of ether oxygens (including phenoxy) is 1. The van der Waals surface area contributed by atoms with Crippen LogP contribution >= 0.6 is 0 Å². The van der Waals surface area contributed by atoms with Gasteiger partial charge in [0.15, 0.2) is 0 Å². The maximum atomic E-state index is 12.8. The molecule has 0 spiro atoms. The average molecular weight is 380 g/mol. The molecule has 1 aliphatic rings. The van der Waals surface area contributed by atoms with Gasteiger partial charge < -0.3 is 10.1 Å². The van der Waals surface area contributed by atoms with Gasteiger partial charge in [-0.05, 0) is 31.0 Å². The highest BCUT2D eigenvalue weighted by Crippen LogP contribution is 2.32. The molecule has 10 heteroatoms. The van der Waals surface area contributed by atoms with E-state index in [4.69, 9.17) is 4.74 Å². The summed E-state index contributed by atoms with van der Waals surface area (Å²) in [6.45, 7) is 0.242. The fraction of sp³-hybridized carbons (Fsp3) is 0.533. The van der Waals surface area contributed by atoms with Crippen LogP contribution in [0.3, 0.4) is 0 Å². The van der Waals surface area contributed by atoms with Gasteiger partial charge in [0.05, 0.1) is 23.6 Å². The largest absolute Gasteiger partial charge is 0.416 e. The van der Waals surface area contributed by atoms with Crippen LogP contribution in [-0.4, -0.2) is 46.4 Å². The molecule has 25 heavy (non-hydrogen) atoms. The Morgan fingerprint density at radius 3 is 2.68 bits per heavy atom. The maximum absolute atomic E-state index is 12.8. The van der Waals surface area contributed by atoms with E-state index in [9.17, 15) is 26.4 Å². The van der Waals surface area contributed by atoms with E-state index in [1.807, 2.05) is 0 Å². The van der Waals surface area contributed by atoms with Gasteiger partial charge in [-0.1, -0.05) is 6.07 Å². The Morgan fingerprint density at radius 2 is 2.12 bits per heavy atom. The molecule has 0 aromatic heterocycles. The Morgan fingerprint density at radius 1 is 1.40 bits per heavy atom. The van der Waals surface area contributed by atoms with Gasteiger partial charge in [0.2, 0.25) is 15.9 Å². The van der Waals surface area contributed by atoms with Gasteiger partial charge in [-0.2, -0.15) is 13.2 Å². The first-order chi connectivity index (χ1) is 11.6. The third-order valence-corrected chi connectivity index (χ3v) is 4.84. The van der Waals surface area contributed by atoms with Crippen LogP contribution in [0.15, 0.2) is 24.3 Å². The van der Waals surface area contributed by atoms with Crippen molar-refractivity contribution in [2.24, 2.45) is 0 Å². The van der Waals surface area contributed by atoms with E-state index in [-0.39, 0.29) is 18.3 Å². The number of amides is 1. The average Bonchev–Trinajstić information content (AvgIpc) is 3.02. The number of alkyl halides is 3. The van der Waals surface area contributed by atoms with Crippen LogP contribution in [0.2, 0.25) is 0 Å². The lowest BCUT2D eigenvalue weighted by molar-refractivity contribution is -0.137. The molecule has 1 saturated heterocycles. The second-order valence-corrected chi connectivity index (χ2v) is 7.66. The molecule has 1 aromatic rings. The highest BCUT2D eigenvalue weighted by Gasteiger charge is 2.32. The molecule has 0 radical (unpaired) electrons. The van der Waals surface area contributed by atoms with Crippen LogP contribution in [0.25, 0.3) is 0 Å². The first-order valence-electron chi connectivity index (χ1n) is 7.60. The fourth-order valence-corrected chi connectivity index (χ4v) is 3.30. The number of carbonyl (C=O) groups is 1. The summed E-state index contributed by atoms with van der Waals surface area (Å²) < 4.78 is 68.3. The van der Waals surface area contributed by atoms with Gasteiger partial charge in [0.25, 0.3) is 0 Å². The van der Waals surface area contributed by atoms with Crippen LogP contribution in [0.5, 0.6) is 0 Å². The number of hydrogen-bond donors (Lipinski definition) is 1. The summed E-state index contributed by atoms with van der Waals surface area (Å²) in [5.74, 6) is -0.613. The number of sulfonamides is 1. The van der Waals surface area contributed by atoms with Crippen molar-refractivity contribution in [2.45, 2.75) is 25.1 Å². The number of nitrogens with one attached hydrogen (secondary N) is 1. The van der Waals surface area contributed by atoms with Gasteiger partial charge >= 0.3 is 6.18 Å². The summed E-state index contributed by atoms with van der Waals surface area (Å²) in [5.41, 5.74) is -1.21. The molecule has 1 amide bonds. The van der Waals surface area contributed by atoms with Crippen molar-refractivity contribution in [1.29, 1.82) is 0 Å². The summed E-state index contributed by atoms with van der Waals surface area (Å²) in [7, 11) is -3.94. The summed E-state index contributed by atoms with van der Waals surface area (Å²) >= 11 is 0. The van der Waals surface area contributed by atoms with E-state index in [0.29, 0.717) is 17.0 Å². The van der Waals surface area contributed by atoms with Crippen molar-refractivity contribution in [1.82, 2.24) is 5.32 Å². The van der Waals surface area contributed by atoms with Crippen LogP contribution in [0.1, 0.15) is 18.4 Å². The second-order valence-electron chi connectivity index (χ2n) is 5.76. The molecular formula is C15H19F3N2O4S. The van der Waals surface area contributed by atoms with Gasteiger partial charge in [0, 0.05) is 13.2 Å². The van der Waals surface area contributed by atoms with Gasteiger partial charge in [-0.25, -0.2) is 8.42 Å². The Balaban J connectivity index is 2.12. The number of hydrogen-bond acceptors (Lipinski definition) is 4. The monoisotopic (exact) mass is 380 g/mol. The first-order valence-corrected chi connectivity index (χ1v) is 9.45. The fourth-order valence-electron chi connectivity index (χ4n) is 2.46. The summed E-state index contributed by atoms with van der Waals surface area (Å²) in [6, 6.07) is 3.85. The summed E-state index contributed by atoms with van der Waals surface area (Å²) in [5, 5.41) is 2.55. The van der Waals surface area contributed by atoms with E-state index in [1.165, 1.54) is 6.07 Å². The van der Waals surface area contributed by atoms with Gasteiger partial charge in [-0.3, -0.25) is 9.10 Å². The van der Waals surface area contributed by atoms with Gasteiger partial charge in [0.1, 0.15) is 6.54 Å². The van der Waals surface area contributed by atoms with Crippen LogP contribution < -0.4 is 9.62 Å². The minimum atomic E-state index is -4.61. The van der Waals surface area contributed by atoms with Crippen molar-refractivity contribution in [3.05, 3.63) is 29.8 Å². The predicted octanol–water partition coefficient (Wildman–Crippen LogP) is 1.77. The lowest BCUT2D eigenvalue weighted by Gasteiger charge is -2.23. The molecule has 1 heterocycles. The van der Waals surface area contributed by atoms with Crippen molar-refractivity contribution in [3.8, 4) is 0 Å². The lowest BCUT2D eigenvalue weighted by atomic mass is 10.2. The Kier molecular flexibility index (Phi) is 5.94. The van der Waals surface area contributed by atoms with Crippen molar-refractivity contribution in [2.75, 3.05) is 30.3 Å². The van der Waals surface area contributed by atoms with Crippen molar-refractivity contribution < 1.29 is 31.1 Å². The molecule has 6 nitrogen and oxygen atoms in total. The zero-order valence-corrected chi connectivity index (χ0v) is 14.4. The summed E-state index contributed by atoms with van der Waals surface area (Å²) in [6.07, 6.45) is -2.21. The molecule has 2 rings (SSSR count). The van der Waals surface area contributed by atoms with Crippen molar-refractivity contribution in [3.63, 3.8) is 0 Å². The number of halogens is 3. The van der Waals surface area contributed by atoms with E-state index >= 15 is 0 Å². The predicted molar refractivity (Wildman–Crippen MR) is 85.6 cm³/mol. The molecule has 0 bridgehead atoms. The third kappa shape index (κ3) is 5.60. The zero-order valence-electron chi connectivity index (χ0n) is 13.5. The number of carbonyl (C=O) groups excluding carboxylic acids is 1. The molecule has 140 valence electrons. The summed E-state index contributed by atoms with van der Waals surface area (Å²) in [4.78, 5) is 12.0. The normalized spacial score (nSPS) is 18.2. The first kappa shape index (κ1) is 19.5. The van der Waals surface area contributed by atoms with E-state index in [1.54, 1.807) is 0 Å². The number of rotatable bonds is 6. The minimum Gasteiger partial charge on any atom is -0.376 e. The molecule has 1 aromatic carbocycles. The van der Waals surface area contributed by atoms with E-state index < -0.39 is 34.2 Å². The topological polar surface area (TPSA) is 75.7 Å². The third-order valence-electron chi connectivity index (χ3n) is 3.70. The Hall–Kier alpha value is -1.81. The van der Waals surface area contributed by atoms with Crippen LogP contribution in [-0.2, 0) is 25.7 Å². The smallest absolute Gasteiger partial charge is 0.376 e. The second kappa shape index (κ2) is 7.61. The number of benzene rings is 1. The zero-order chi connectivity index (χ0) is 18.7. The lowest BCUT2D eigenvalue weighted by Crippen LogP contribution is -2.42. The Labute approximate surface area is 144 Å². The highest BCUT2D eigenvalue weighted by molar-refractivity contribution is 7.92. The quantitative estimate of drug-likeness (QED) is 0.816. The van der Waals surface area contributed by atoms with Crippen molar-refractivity contribution >= 4 is 21.6 Å². The minimum absolute atomic E-state index is 0.121. The van der Waals surface area contributed by atoms with Crippen LogP contribution in [0.4, 0.5) is 18.9 Å². The molecule has 0 aliphatic carbocycles. The maximum Gasteiger partial charge on any atom is 0.416 e. The molecule has 0 saturated carbocycles. The molecule has 1 atom stereocenters.